The molecule has 4 rings (SSSR count). The van der Waals surface area contributed by atoms with Crippen molar-refractivity contribution in [1.82, 2.24) is 9.29 Å². The fourth-order valence-corrected chi connectivity index (χ4v) is 6.20. The van der Waals surface area contributed by atoms with E-state index in [0.717, 1.165) is 24.5 Å². The van der Waals surface area contributed by atoms with Gasteiger partial charge in [-0.15, -0.1) is 0 Å². The molecule has 2 atom stereocenters. The van der Waals surface area contributed by atoms with Crippen molar-refractivity contribution in [3.8, 4) is 6.07 Å². The van der Waals surface area contributed by atoms with Crippen LogP contribution in [0.3, 0.4) is 0 Å². The van der Waals surface area contributed by atoms with Crippen LogP contribution < -0.4 is 10.0 Å². The van der Waals surface area contributed by atoms with Gasteiger partial charge in [-0.25, -0.2) is 17.7 Å². The van der Waals surface area contributed by atoms with Gasteiger partial charge in [0.05, 0.1) is 16.5 Å². The molecule has 31 heavy (non-hydrogen) atoms. The summed E-state index contributed by atoms with van der Waals surface area (Å²) in [5.41, 5.74) is 2.10. The predicted molar refractivity (Wildman–Crippen MR) is 116 cm³/mol. The number of rotatable bonds is 4. The van der Waals surface area contributed by atoms with Crippen molar-refractivity contribution in [2.24, 2.45) is 11.4 Å². The average Bonchev–Trinajstić information content (AvgIpc) is 3.47. The van der Waals surface area contributed by atoms with Gasteiger partial charge >= 0.3 is 0 Å². The molecule has 1 saturated carbocycles. The van der Waals surface area contributed by atoms with Crippen LogP contribution in [0, 0.1) is 17.1 Å². The highest BCUT2D eigenvalue weighted by molar-refractivity contribution is 7.91. The Labute approximate surface area is 181 Å². The second-order valence-electron chi connectivity index (χ2n) is 8.11. The summed E-state index contributed by atoms with van der Waals surface area (Å²) in [6.07, 6.45) is 4.71. The minimum absolute atomic E-state index is 0.0674. The molecule has 2 aliphatic rings. The zero-order valence-electron chi connectivity index (χ0n) is 17.4. The van der Waals surface area contributed by atoms with Crippen LogP contribution in [-0.4, -0.2) is 26.8 Å². The number of anilines is 1. The van der Waals surface area contributed by atoms with E-state index in [2.05, 4.69) is 21.0 Å². The number of aryl methyl sites for hydroxylation is 1. The molecule has 0 radical (unpaired) electrons. The fourth-order valence-electron chi connectivity index (χ4n) is 3.73. The largest absolute Gasteiger partial charge is 0.345 e. The molecule has 2 N–H and O–H groups in total. The molecule has 2 aromatic rings. The maximum Gasteiger partial charge on any atom is 0.272 e. The first-order chi connectivity index (χ1) is 14.7. The van der Waals surface area contributed by atoms with Gasteiger partial charge in [0, 0.05) is 30.5 Å². The zero-order valence-corrected chi connectivity index (χ0v) is 18.3. The first-order valence-corrected chi connectivity index (χ1v) is 11.6. The van der Waals surface area contributed by atoms with Crippen molar-refractivity contribution < 1.29 is 13.4 Å². The number of hydrogen-bond acceptors (Lipinski definition) is 4. The standard InChI is InChI=1S/C22H24FN5O2S/c1-13(2)19-9-7-17-20(31(30,27-19)26-15-4-5-15)12-28(3)21(17)22(29)25-16-6-8-18(23)14(10-16)11-24/h6,8,10,12,15,19H,1,4-5,7,9H2,2-3H3,(H,25,29)(H,26,27,30)/t19-,31?/m1/s1. The number of benzene rings is 1. The van der Waals surface area contributed by atoms with E-state index >= 15 is 0 Å². The zero-order chi connectivity index (χ0) is 22.3. The smallest absolute Gasteiger partial charge is 0.272 e. The van der Waals surface area contributed by atoms with E-state index in [4.69, 9.17) is 5.26 Å². The quantitative estimate of drug-likeness (QED) is 0.708. The summed E-state index contributed by atoms with van der Waals surface area (Å²) in [5.74, 6) is -1.06. The molecule has 1 amide bonds. The second-order valence-corrected chi connectivity index (χ2v) is 10.0. The van der Waals surface area contributed by atoms with Crippen LogP contribution in [0.15, 0.2) is 45.8 Å². The Morgan fingerprint density at radius 3 is 2.81 bits per heavy atom. The molecule has 1 aliphatic carbocycles. The average molecular weight is 442 g/mol. The number of fused-ring (bicyclic) bond motifs is 1. The Hall–Kier alpha value is -2.96. The van der Waals surface area contributed by atoms with Gasteiger partial charge in [-0.3, -0.25) is 4.79 Å². The molecule has 1 fully saturated rings. The maximum absolute atomic E-state index is 13.9. The number of nitriles is 1. The van der Waals surface area contributed by atoms with Crippen LogP contribution in [-0.2, 0) is 23.4 Å². The van der Waals surface area contributed by atoms with Gasteiger partial charge in [-0.05, 0) is 50.8 Å². The molecular formula is C22H24FN5O2S. The van der Waals surface area contributed by atoms with E-state index in [0.29, 0.717) is 34.7 Å². The van der Waals surface area contributed by atoms with Crippen molar-refractivity contribution >= 4 is 21.5 Å². The molecule has 7 nitrogen and oxygen atoms in total. The predicted octanol–water partition coefficient (Wildman–Crippen LogP) is 3.67. The molecule has 1 aromatic heterocycles. The number of hydrogen-bond donors (Lipinski definition) is 2. The molecule has 0 bridgehead atoms. The first kappa shape index (κ1) is 21.3. The summed E-state index contributed by atoms with van der Waals surface area (Å²) in [6, 6.07) is 5.50. The van der Waals surface area contributed by atoms with E-state index in [1.807, 2.05) is 6.92 Å². The second kappa shape index (κ2) is 7.94. The van der Waals surface area contributed by atoms with Gasteiger partial charge in [0.15, 0.2) is 0 Å². The van der Waals surface area contributed by atoms with Crippen molar-refractivity contribution in [1.29, 1.82) is 5.26 Å². The minimum atomic E-state index is -2.92. The van der Waals surface area contributed by atoms with E-state index < -0.39 is 21.6 Å². The normalized spacial score (nSPS) is 22.7. The molecule has 0 spiro atoms. The molecule has 9 heteroatoms. The van der Waals surface area contributed by atoms with Gasteiger partial charge in [0.2, 0.25) is 0 Å². The third-order valence-corrected chi connectivity index (χ3v) is 7.68. The lowest BCUT2D eigenvalue weighted by Gasteiger charge is -2.18. The number of nitrogens with one attached hydrogen (secondary N) is 2. The van der Waals surface area contributed by atoms with Crippen molar-refractivity contribution in [2.75, 3.05) is 5.32 Å². The Morgan fingerprint density at radius 1 is 1.42 bits per heavy atom. The number of aromatic nitrogens is 1. The molecule has 2 heterocycles. The van der Waals surface area contributed by atoms with Crippen molar-refractivity contribution in [3.63, 3.8) is 0 Å². The SMILES string of the molecule is C=C(C)[C@H]1CCc2c(cn(C)c2C(=O)Nc2ccc(F)c(C#N)c2)S(=O)(=NC2CC2)N1. The first-order valence-electron chi connectivity index (χ1n) is 10.1. The third kappa shape index (κ3) is 4.13. The summed E-state index contributed by atoms with van der Waals surface area (Å²) in [4.78, 5) is 13.7. The summed E-state index contributed by atoms with van der Waals surface area (Å²) >= 11 is 0. The summed E-state index contributed by atoms with van der Waals surface area (Å²) < 4.78 is 37.0. The Bertz CT molecular complexity index is 1250. The highest BCUT2D eigenvalue weighted by Gasteiger charge is 2.34. The molecule has 1 unspecified atom stereocenters. The molecular weight excluding hydrogens is 417 g/mol. The number of carbonyl (C=O) groups is 1. The van der Waals surface area contributed by atoms with Gasteiger partial charge in [0.25, 0.3) is 5.91 Å². The lowest BCUT2D eigenvalue weighted by molar-refractivity contribution is 0.101. The Morgan fingerprint density at radius 2 is 2.16 bits per heavy atom. The van der Waals surface area contributed by atoms with Crippen LogP contribution in [0.2, 0.25) is 0 Å². The van der Waals surface area contributed by atoms with Crippen molar-refractivity contribution in [2.45, 2.75) is 49.6 Å². The van der Waals surface area contributed by atoms with Gasteiger partial charge in [-0.2, -0.15) is 5.26 Å². The Kier molecular flexibility index (Phi) is 5.45. The number of carbonyl (C=O) groups excluding carboxylic acids is 1. The van der Waals surface area contributed by atoms with E-state index in [-0.39, 0.29) is 17.6 Å². The molecule has 162 valence electrons. The monoisotopic (exact) mass is 441 g/mol. The highest BCUT2D eigenvalue weighted by Crippen LogP contribution is 2.33. The lowest BCUT2D eigenvalue weighted by atomic mass is 10.0. The van der Waals surface area contributed by atoms with Crippen LogP contribution in [0.25, 0.3) is 0 Å². The summed E-state index contributed by atoms with van der Waals surface area (Å²) in [5, 5.41) is 11.8. The Balaban J connectivity index is 1.75. The molecule has 1 aliphatic heterocycles. The van der Waals surface area contributed by atoms with Gasteiger partial charge in [0.1, 0.15) is 27.5 Å². The fraction of sp³-hybridized carbons (Fsp3) is 0.364. The van der Waals surface area contributed by atoms with E-state index in [1.54, 1.807) is 23.9 Å². The van der Waals surface area contributed by atoms with Crippen LogP contribution >= 0.6 is 0 Å². The number of amides is 1. The lowest BCUT2D eigenvalue weighted by Crippen LogP contribution is -2.34. The maximum atomic E-state index is 13.9. The summed E-state index contributed by atoms with van der Waals surface area (Å²) in [6.45, 7) is 5.90. The van der Waals surface area contributed by atoms with E-state index in [9.17, 15) is 13.4 Å². The number of halogens is 1. The third-order valence-electron chi connectivity index (χ3n) is 5.53. The van der Waals surface area contributed by atoms with Gasteiger partial charge < -0.3 is 9.88 Å². The van der Waals surface area contributed by atoms with Crippen LogP contribution in [0.1, 0.15) is 47.8 Å². The van der Waals surface area contributed by atoms with Gasteiger partial charge in [-0.1, -0.05) is 12.2 Å². The van der Waals surface area contributed by atoms with Crippen LogP contribution in [0.5, 0.6) is 0 Å². The molecule has 1 aromatic carbocycles. The van der Waals surface area contributed by atoms with Crippen molar-refractivity contribution in [3.05, 3.63) is 59.2 Å². The van der Waals surface area contributed by atoms with Crippen LogP contribution in [0.4, 0.5) is 10.1 Å². The topological polar surface area (TPSA) is 99.3 Å². The summed E-state index contributed by atoms with van der Waals surface area (Å²) in [7, 11) is -1.20. The minimum Gasteiger partial charge on any atom is -0.345 e. The number of nitrogens with zero attached hydrogens (tertiary/aromatic N) is 3. The van der Waals surface area contributed by atoms with E-state index in [1.165, 1.54) is 12.1 Å². The molecule has 0 saturated heterocycles. The highest BCUT2D eigenvalue weighted by atomic mass is 32.2.